The Balaban J connectivity index is 1.36. The fraction of sp³-hybridized carbons (Fsp3) is 0.238. The molecular formula is C21H20Cl2N4O3S2. The minimum atomic E-state index is -3.24. The maximum atomic E-state index is 12.9. The lowest BCUT2D eigenvalue weighted by Crippen LogP contribution is -2.48. The molecule has 1 aliphatic heterocycles. The van der Waals surface area contributed by atoms with Crippen LogP contribution in [0.4, 0.5) is 16.5 Å². The summed E-state index contributed by atoms with van der Waals surface area (Å²) in [6, 6.07) is 11.9. The van der Waals surface area contributed by atoms with E-state index in [1.54, 1.807) is 28.5 Å². The molecular weight excluding hydrogens is 491 g/mol. The highest BCUT2D eigenvalue weighted by molar-refractivity contribution is 7.90. The van der Waals surface area contributed by atoms with Crippen LogP contribution >= 0.6 is 34.5 Å². The van der Waals surface area contributed by atoms with E-state index in [4.69, 9.17) is 23.2 Å². The molecule has 168 valence electrons. The average Bonchev–Trinajstić information content (AvgIpc) is 3.23. The van der Waals surface area contributed by atoms with E-state index in [9.17, 15) is 13.2 Å². The van der Waals surface area contributed by atoms with Crippen LogP contribution in [-0.2, 0) is 9.84 Å². The van der Waals surface area contributed by atoms with E-state index in [1.165, 1.54) is 29.7 Å². The second-order valence-corrected chi connectivity index (χ2v) is 11.0. The summed E-state index contributed by atoms with van der Waals surface area (Å²) in [7, 11) is -3.24. The third kappa shape index (κ3) is 5.17. The second-order valence-electron chi connectivity index (χ2n) is 7.34. The summed E-state index contributed by atoms with van der Waals surface area (Å²) >= 11 is 13.4. The summed E-state index contributed by atoms with van der Waals surface area (Å²) < 4.78 is 23.1. The van der Waals surface area contributed by atoms with Gasteiger partial charge < -0.3 is 15.1 Å². The molecule has 2 heterocycles. The molecule has 0 bridgehead atoms. The Kier molecular flexibility index (Phi) is 6.62. The number of carbonyl (C=O) groups excluding carboxylic acids is 1. The molecule has 0 spiro atoms. The molecule has 11 heteroatoms. The number of anilines is 3. The van der Waals surface area contributed by atoms with Crippen LogP contribution in [0.3, 0.4) is 0 Å². The molecule has 0 saturated carbocycles. The molecule has 32 heavy (non-hydrogen) atoms. The smallest absolute Gasteiger partial charge is 0.273 e. The maximum Gasteiger partial charge on any atom is 0.273 e. The highest BCUT2D eigenvalue weighted by atomic mass is 35.5. The van der Waals surface area contributed by atoms with Crippen molar-refractivity contribution in [1.82, 2.24) is 9.88 Å². The Morgan fingerprint density at radius 1 is 1.03 bits per heavy atom. The first-order valence-electron chi connectivity index (χ1n) is 9.73. The van der Waals surface area contributed by atoms with Gasteiger partial charge in [-0.3, -0.25) is 4.79 Å². The number of hydrogen-bond acceptors (Lipinski definition) is 7. The van der Waals surface area contributed by atoms with Crippen molar-refractivity contribution in [2.24, 2.45) is 0 Å². The lowest BCUT2D eigenvalue weighted by molar-refractivity contribution is 0.0742. The number of nitrogens with zero attached hydrogens (tertiary/aromatic N) is 3. The van der Waals surface area contributed by atoms with Crippen LogP contribution in [0.1, 0.15) is 10.5 Å². The van der Waals surface area contributed by atoms with E-state index >= 15 is 0 Å². The second kappa shape index (κ2) is 9.27. The first-order chi connectivity index (χ1) is 15.2. The Morgan fingerprint density at radius 2 is 1.72 bits per heavy atom. The van der Waals surface area contributed by atoms with Crippen molar-refractivity contribution in [2.45, 2.75) is 4.90 Å². The van der Waals surface area contributed by atoms with Crippen molar-refractivity contribution >= 4 is 66.8 Å². The van der Waals surface area contributed by atoms with Crippen molar-refractivity contribution in [1.29, 1.82) is 0 Å². The van der Waals surface area contributed by atoms with E-state index in [-0.39, 0.29) is 10.8 Å². The van der Waals surface area contributed by atoms with E-state index in [0.29, 0.717) is 52.7 Å². The van der Waals surface area contributed by atoms with Crippen LogP contribution in [0, 0.1) is 0 Å². The summed E-state index contributed by atoms with van der Waals surface area (Å²) in [4.78, 5) is 21.5. The third-order valence-electron chi connectivity index (χ3n) is 5.09. The summed E-state index contributed by atoms with van der Waals surface area (Å²) in [5.74, 6) is -0.115. The van der Waals surface area contributed by atoms with Crippen LogP contribution in [0.15, 0.2) is 52.7 Å². The monoisotopic (exact) mass is 510 g/mol. The standard InChI is InChI=1S/C21H20Cl2N4O3S2/c1-32(29,30)16-5-2-14(3-6-16)24-21-25-19(13-31-21)20(28)27-10-8-26(9-11-27)15-4-7-17(22)18(23)12-15/h2-7,12-13H,8-11H2,1H3,(H,24,25). The Labute approximate surface area is 200 Å². The quantitative estimate of drug-likeness (QED) is 0.541. The molecule has 0 aliphatic carbocycles. The third-order valence-corrected chi connectivity index (χ3v) is 7.72. The SMILES string of the molecule is CS(=O)(=O)c1ccc(Nc2nc(C(=O)N3CCN(c4ccc(Cl)c(Cl)c4)CC3)cs2)cc1. The first kappa shape index (κ1) is 22.8. The fourth-order valence-electron chi connectivity index (χ4n) is 3.35. The molecule has 3 aromatic rings. The number of thiazole rings is 1. The molecule has 1 aromatic heterocycles. The molecule has 1 amide bonds. The number of aromatic nitrogens is 1. The Morgan fingerprint density at radius 3 is 2.34 bits per heavy atom. The lowest BCUT2D eigenvalue weighted by Gasteiger charge is -2.36. The number of benzene rings is 2. The molecule has 1 fully saturated rings. The summed E-state index contributed by atoms with van der Waals surface area (Å²) in [5.41, 5.74) is 2.06. The van der Waals surface area contributed by atoms with Gasteiger partial charge in [-0.05, 0) is 42.5 Å². The van der Waals surface area contributed by atoms with Gasteiger partial charge in [-0.25, -0.2) is 13.4 Å². The summed E-state index contributed by atoms with van der Waals surface area (Å²) in [5, 5.41) is 6.42. The number of amides is 1. The van der Waals surface area contributed by atoms with Crippen molar-refractivity contribution in [3.8, 4) is 0 Å². The molecule has 4 rings (SSSR count). The highest BCUT2D eigenvalue weighted by Crippen LogP contribution is 2.28. The Bertz CT molecular complexity index is 1240. The molecule has 0 unspecified atom stereocenters. The number of sulfone groups is 1. The van der Waals surface area contributed by atoms with Gasteiger partial charge in [0.2, 0.25) is 0 Å². The van der Waals surface area contributed by atoms with E-state index < -0.39 is 9.84 Å². The van der Waals surface area contributed by atoms with Gasteiger partial charge in [0.15, 0.2) is 15.0 Å². The van der Waals surface area contributed by atoms with Gasteiger partial charge in [-0.15, -0.1) is 11.3 Å². The first-order valence-corrected chi connectivity index (χ1v) is 13.3. The van der Waals surface area contributed by atoms with Gasteiger partial charge in [-0.1, -0.05) is 23.2 Å². The number of piperazine rings is 1. The number of rotatable bonds is 5. The molecule has 1 aliphatic rings. The largest absolute Gasteiger partial charge is 0.368 e. The predicted octanol–water partition coefficient (Wildman–Crippen LogP) is 4.56. The van der Waals surface area contributed by atoms with Crippen LogP contribution in [0.2, 0.25) is 10.0 Å². The summed E-state index contributed by atoms with van der Waals surface area (Å²) in [6.45, 7) is 2.52. The molecule has 2 aromatic carbocycles. The van der Waals surface area contributed by atoms with Gasteiger partial charge in [0.1, 0.15) is 5.69 Å². The van der Waals surface area contributed by atoms with E-state index in [2.05, 4.69) is 15.2 Å². The fourth-order valence-corrected chi connectivity index (χ4v) is 4.98. The van der Waals surface area contributed by atoms with Crippen molar-refractivity contribution in [3.63, 3.8) is 0 Å². The van der Waals surface area contributed by atoms with Gasteiger partial charge in [0.25, 0.3) is 5.91 Å². The van der Waals surface area contributed by atoms with Gasteiger partial charge in [0.05, 0.1) is 14.9 Å². The topological polar surface area (TPSA) is 82.6 Å². The number of hydrogen-bond donors (Lipinski definition) is 1. The zero-order valence-corrected chi connectivity index (χ0v) is 20.2. The predicted molar refractivity (Wildman–Crippen MR) is 130 cm³/mol. The summed E-state index contributed by atoms with van der Waals surface area (Å²) in [6.07, 6.45) is 1.17. The van der Waals surface area contributed by atoms with E-state index in [0.717, 1.165) is 5.69 Å². The zero-order valence-electron chi connectivity index (χ0n) is 17.1. The number of nitrogens with one attached hydrogen (secondary N) is 1. The van der Waals surface area contributed by atoms with Crippen molar-refractivity contribution in [3.05, 3.63) is 63.6 Å². The van der Waals surface area contributed by atoms with Gasteiger partial charge in [0, 0.05) is 49.2 Å². The minimum Gasteiger partial charge on any atom is -0.368 e. The molecule has 7 nitrogen and oxygen atoms in total. The van der Waals surface area contributed by atoms with Crippen LogP contribution in [0.5, 0.6) is 0 Å². The average molecular weight is 511 g/mol. The number of carbonyl (C=O) groups is 1. The van der Waals surface area contributed by atoms with E-state index in [1.807, 2.05) is 12.1 Å². The van der Waals surface area contributed by atoms with Crippen LogP contribution < -0.4 is 10.2 Å². The van der Waals surface area contributed by atoms with Crippen LogP contribution in [-0.4, -0.2) is 56.6 Å². The normalized spacial score (nSPS) is 14.5. The molecule has 0 radical (unpaired) electrons. The maximum absolute atomic E-state index is 12.9. The lowest BCUT2D eigenvalue weighted by atomic mass is 10.2. The van der Waals surface area contributed by atoms with Crippen molar-refractivity contribution in [2.75, 3.05) is 42.7 Å². The zero-order chi connectivity index (χ0) is 22.9. The minimum absolute atomic E-state index is 0.115. The van der Waals surface area contributed by atoms with Gasteiger partial charge in [-0.2, -0.15) is 0 Å². The molecule has 1 saturated heterocycles. The molecule has 0 atom stereocenters. The molecule has 1 N–H and O–H groups in total. The Hall–Kier alpha value is -2.33. The van der Waals surface area contributed by atoms with Crippen LogP contribution in [0.25, 0.3) is 0 Å². The van der Waals surface area contributed by atoms with Crippen molar-refractivity contribution < 1.29 is 13.2 Å². The van der Waals surface area contributed by atoms with Gasteiger partial charge >= 0.3 is 0 Å². The number of halogens is 2. The highest BCUT2D eigenvalue weighted by Gasteiger charge is 2.24.